The second-order valence-electron chi connectivity index (χ2n) is 4.58. The van der Waals surface area contributed by atoms with E-state index >= 15 is 0 Å². The van der Waals surface area contributed by atoms with Crippen LogP contribution >= 0.6 is 0 Å². The first-order chi connectivity index (χ1) is 10.2. The van der Waals surface area contributed by atoms with Gasteiger partial charge in [0.2, 0.25) is 11.9 Å². The number of nitrogens with zero attached hydrogens (tertiary/aromatic N) is 2. The Kier molecular flexibility index (Phi) is 5.28. The molecule has 0 aliphatic heterocycles. The second kappa shape index (κ2) is 7.39. The van der Waals surface area contributed by atoms with Crippen LogP contribution in [0.5, 0.6) is 0 Å². The molecule has 7 heteroatoms. The van der Waals surface area contributed by atoms with E-state index in [1.54, 1.807) is 0 Å². The molecule has 7 nitrogen and oxygen atoms in total. The maximum absolute atomic E-state index is 11.6. The summed E-state index contributed by atoms with van der Waals surface area (Å²) in [6, 6.07) is 7.63. The summed E-state index contributed by atoms with van der Waals surface area (Å²) in [5.74, 6) is 6.41. The van der Waals surface area contributed by atoms with Crippen molar-refractivity contribution in [3.05, 3.63) is 24.3 Å². The van der Waals surface area contributed by atoms with Gasteiger partial charge in [0.05, 0.1) is 5.52 Å². The Morgan fingerprint density at radius 2 is 2.05 bits per heavy atom. The van der Waals surface area contributed by atoms with Gasteiger partial charge in [0.25, 0.3) is 0 Å². The molecule has 1 heterocycles. The Morgan fingerprint density at radius 1 is 1.24 bits per heavy atom. The van der Waals surface area contributed by atoms with Crippen LogP contribution in [0.25, 0.3) is 10.9 Å². The van der Waals surface area contributed by atoms with Crippen molar-refractivity contribution in [2.75, 3.05) is 23.8 Å². The number of anilines is 2. The quantitative estimate of drug-likeness (QED) is 0.451. The highest BCUT2D eigenvalue weighted by Crippen LogP contribution is 2.21. The van der Waals surface area contributed by atoms with Gasteiger partial charge in [0.15, 0.2) is 0 Å². The maximum atomic E-state index is 11.6. The van der Waals surface area contributed by atoms with Crippen LogP contribution < -0.4 is 21.9 Å². The van der Waals surface area contributed by atoms with Crippen LogP contribution in [-0.2, 0) is 4.79 Å². The molecule has 21 heavy (non-hydrogen) atoms. The number of carbonyl (C=O) groups excluding carboxylic acids is 1. The van der Waals surface area contributed by atoms with Crippen molar-refractivity contribution in [2.45, 2.75) is 19.8 Å². The molecule has 1 aromatic heterocycles. The number of nitrogens with two attached hydrogens (primary N) is 1. The fourth-order valence-corrected chi connectivity index (χ4v) is 1.92. The van der Waals surface area contributed by atoms with Gasteiger partial charge in [-0.25, -0.2) is 10.8 Å². The lowest BCUT2D eigenvalue weighted by atomic mass is 10.2. The molecule has 1 amide bonds. The van der Waals surface area contributed by atoms with Gasteiger partial charge in [0, 0.05) is 24.9 Å². The second-order valence-corrected chi connectivity index (χ2v) is 4.58. The normalized spacial score (nSPS) is 10.4. The summed E-state index contributed by atoms with van der Waals surface area (Å²) in [6.07, 6.45) is 1.32. The molecule has 112 valence electrons. The van der Waals surface area contributed by atoms with Gasteiger partial charge < -0.3 is 10.6 Å². The third kappa shape index (κ3) is 4.03. The molecule has 0 aliphatic carbocycles. The number of nitrogen functional groups attached to an aromatic ring is 1. The first kappa shape index (κ1) is 15.0. The molecule has 0 saturated heterocycles. The van der Waals surface area contributed by atoms with Gasteiger partial charge in [-0.15, -0.1) is 0 Å². The molecule has 5 N–H and O–H groups in total. The van der Waals surface area contributed by atoms with Crippen LogP contribution in [0.15, 0.2) is 24.3 Å². The van der Waals surface area contributed by atoms with E-state index in [1.165, 1.54) is 0 Å². The van der Waals surface area contributed by atoms with Crippen LogP contribution in [0, 0.1) is 0 Å². The van der Waals surface area contributed by atoms with E-state index in [9.17, 15) is 4.79 Å². The number of aromatic nitrogens is 2. The molecule has 0 fully saturated rings. The van der Waals surface area contributed by atoms with Gasteiger partial charge in [-0.3, -0.25) is 10.2 Å². The van der Waals surface area contributed by atoms with Crippen molar-refractivity contribution in [1.29, 1.82) is 0 Å². The van der Waals surface area contributed by atoms with E-state index < -0.39 is 0 Å². The summed E-state index contributed by atoms with van der Waals surface area (Å²) < 4.78 is 0. The zero-order valence-electron chi connectivity index (χ0n) is 12.0. The Labute approximate surface area is 123 Å². The Hall–Kier alpha value is -2.41. The van der Waals surface area contributed by atoms with E-state index in [1.807, 2.05) is 31.2 Å². The van der Waals surface area contributed by atoms with Crippen molar-refractivity contribution in [2.24, 2.45) is 5.84 Å². The van der Waals surface area contributed by atoms with Gasteiger partial charge in [0.1, 0.15) is 5.82 Å². The van der Waals surface area contributed by atoms with Gasteiger partial charge >= 0.3 is 0 Å². The number of rotatable bonds is 7. The largest absolute Gasteiger partial charge is 0.369 e. The van der Waals surface area contributed by atoms with E-state index in [0.717, 1.165) is 17.3 Å². The van der Waals surface area contributed by atoms with Crippen LogP contribution in [-0.4, -0.2) is 29.0 Å². The molecule has 0 atom stereocenters. The lowest BCUT2D eigenvalue weighted by molar-refractivity contribution is -0.120. The van der Waals surface area contributed by atoms with E-state index in [-0.39, 0.29) is 5.91 Å². The van der Waals surface area contributed by atoms with Crippen LogP contribution in [0.1, 0.15) is 19.8 Å². The first-order valence-corrected chi connectivity index (χ1v) is 6.98. The number of amides is 1. The summed E-state index contributed by atoms with van der Waals surface area (Å²) >= 11 is 0. The molecular formula is C14H20N6O. The van der Waals surface area contributed by atoms with Crippen molar-refractivity contribution in [3.8, 4) is 0 Å². The van der Waals surface area contributed by atoms with E-state index in [4.69, 9.17) is 5.84 Å². The minimum Gasteiger partial charge on any atom is -0.369 e. The predicted octanol–water partition coefficient (Wildman–Crippen LogP) is 1.24. The fourth-order valence-electron chi connectivity index (χ4n) is 1.92. The van der Waals surface area contributed by atoms with Crippen molar-refractivity contribution < 1.29 is 4.79 Å². The number of hydrogen-bond acceptors (Lipinski definition) is 6. The van der Waals surface area contributed by atoms with Crippen LogP contribution in [0.4, 0.5) is 11.8 Å². The monoisotopic (exact) mass is 288 g/mol. The Bertz CT molecular complexity index is 615. The third-order valence-corrected chi connectivity index (χ3v) is 2.95. The number of benzene rings is 1. The van der Waals surface area contributed by atoms with E-state index in [2.05, 4.69) is 26.0 Å². The molecule has 0 bridgehead atoms. The molecule has 2 rings (SSSR count). The van der Waals surface area contributed by atoms with Crippen LogP contribution in [0.3, 0.4) is 0 Å². The molecule has 0 aliphatic rings. The van der Waals surface area contributed by atoms with Crippen molar-refractivity contribution in [3.63, 3.8) is 0 Å². The molecule has 0 saturated carbocycles. The summed E-state index contributed by atoms with van der Waals surface area (Å²) in [6.45, 7) is 3.23. The number of fused-ring (bicyclic) bond motifs is 1. The molecular weight excluding hydrogens is 268 g/mol. The summed E-state index contributed by atoms with van der Waals surface area (Å²) in [5.41, 5.74) is 3.24. The number of hydrogen-bond donors (Lipinski definition) is 4. The summed E-state index contributed by atoms with van der Waals surface area (Å²) in [4.78, 5) is 20.1. The molecule has 1 aromatic carbocycles. The zero-order chi connectivity index (χ0) is 15.1. The molecule has 0 unspecified atom stereocenters. The standard InChI is InChI=1S/C14H20N6O/c1-2-8-16-12(21)7-9-17-13-10-5-3-4-6-11(10)18-14(19-13)20-15/h3-6H,2,7-9,15H2,1H3,(H,16,21)(H2,17,18,19,20). The summed E-state index contributed by atoms with van der Waals surface area (Å²) in [7, 11) is 0. The minimum atomic E-state index is 0.0277. The van der Waals surface area contributed by atoms with Gasteiger partial charge in [-0.05, 0) is 18.6 Å². The Balaban J connectivity index is 2.05. The highest BCUT2D eigenvalue weighted by atomic mass is 16.1. The fraction of sp³-hybridized carbons (Fsp3) is 0.357. The summed E-state index contributed by atoms with van der Waals surface area (Å²) in [5, 5.41) is 6.89. The zero-order valence-corrected chi connectivity index (χ0v) is 12.0. The van der Waals surface area contributed by atoms with Crippen LogP contribution in [0.2, 0.25) is 0 Å². The highest BCUT2D eigenvalue weighted by molar-refractivity contribution is 5.90. The smallest absolute Gasteiger partial charge is 0.239 e. The predicted molar refractivity (Wildman–Crippen MR) is 83.8 cm³/mol. The number of para-hydroxylation sites is 1. The molecule has 0 spiro atoms. The average Bonchev–Trinajstić information content (AvgIpc) is 2.52. The van der Waals surface area contributed by atoms with Crippen molar-refractivity contribution >= 4 is 28.6 Å². The number of carbonyl (C=O) groups is 1. The van der Waals surface area contributed by atoms with Crippen molar-refractivity contribution in [1.82, 2.24) is 15.3 Å². The Morgan fingerprint density at radius 3 is 2.81 bits per heavy atom. The third-order valence-electron chi connectivity index (χ3n) is 2.95. The van der Waals surface area contributed by atoms with Gasteiger partial charge in [-0.1, -0.05) is 19.1 Å². The van der Waals surface area contributed by atoms with E-state index in [0.29, 0.717) is 31.3 Å². The number of nitrogens with one attached hydrogen (secondary N) is 3. The first-order valence-electron chi connectivity index (χ1n) is 6.98. The number of hydrazine groups is 1. The lowest BCUT2D eigenvalue weighted by Gasteiger charge is -2.10. The maximum Gasteiger partial charge on any atom is 0.239 e. The molecule has 2 aromatic rings. The average molecular weight is 288 g/mol. The molecule has 0 radical (unpaired) electrons. The minimum absolute atomic E-state index is 0.0277. The van der Waals surface area contributed by atoms with Gasteiger partial charge in [-0.2, -0.15) is 4.98 Å². The highest BCUT2D eigenvalue weighted by Gasteiger charge is 2.07. The lowest BCUT2D eigenvalue weighted by Crippen LogP contribution is -2.26. The SMILES string of the molecule is CCCNC(=O)CCNc1nc(NN)nc2ccccc12. The topological polar surface area (TPSA) is 105 Å².